The van der Waals surface area contributed by atoms with Gasteiger partial charge in [0.05, 0.1) is 30.8 Å². The fourth-order valence-corrected chi connectivity index (χ4v) is 5.48. The number of sulfonamides is 1. The molecule has 37 heavy (non-hydrogen) atoms. The first-order valence-corrected chi connectivity index (χ1v) is 13.5. The maximum Gasteiger partial charge on any atom is 0.264 e. The molecule has 196 valence electrons. The number of benzene rings is 3. The lowest BCUT2D eigenvalue weighted by atomic mass is 9.86. The molecule has 1 unspecified atom stereocenters. The van der Waals surface area contributed by atoms with Crippen LogP contribution in [0, 0.1) is 0 Å². The summed E-state index contributed by atoms with van der Waals surface area (Å²) >= 11 is 0. The van der Waals surface area contributed by atoms with Crippen molar-refractivity contribution in [3.05, 3.63) is 78.4 Å². The van der Waals surface area contributed by atoms with Crippen molar-refractivity contribution in [3.63, 3.8) is 0 Å². The van der Waals surface area contributed by atoms with E-state index in [0.717, 1.165) is 5.56 Å². The summed E-state index contributed by atoms with van der Waals surface area (Å²) in [6.45, 7) is 6.42. The van der Waals surface area contributed by atoms with Gasteiger partial charge in [-0.2, -0.15) is 0 Å². The number of carbonyl (C=O) groups excluding carboxylic acids is 1. The number of anilines is 1. The van der Waals surface area contributed by atoms with E-state index in [1.165, 1.54) is 4.31 Å². The van der Waals surface area contributed by atoms with Crippen LogP contribution in [0.4, 0.5) is 5.69 Å². The van der Waals surface area contributed by atoms with Crippen LogP contribution in [-0.4, -0.2) is 47.2 Å². The SMILES string of the molecule is COc1ccccc1OCCNC(=O)C1CN(S(=O)(=O)c2ccccc2)c2cc(C(C)(C)C)ccc2O1. The quantitative estimate of drug-likeness (QED) is 0.445. The van der Waals surface area contributed by atoms with Crippen molar-refractivity contribution in [2.75, 3.05) is 31.1 Å². The molecule has 9 heteroatoms. The Balaban J connectivity index is 1.54. The van der Waals surface area contributed by atoms with E-state index in [0.29, 0.717) is 22.9 Å². The van der Waals surface area contributed by atoms with E-state index in [-0.39, 0.29) is 30.0 Å². The van der Waals surface area contributed by atoms with Crippen LogP contribution in [-0.2, 0) is 20.2 Å². The number of amides is 1. The van der Waals surface area contributed by atoms with E-state index >= 15 is 0 Å². The number of nitrogens with zero attached hydrogens (tertiary/aromatic N) is 1. The molecule has 0 aromatic heterocycles. The number of nitrogens with one attached hydrogen (secondary N) is 1. The summed E-state index contributed by atoms with van der Waals surface area (Å²) < 4.78 is 45.6. The number of rotatable bonds is 8. The Morgan fingerprint density at radius 2 is 1.70 bits per heavy atom. The van der Waals surface area contributed by atoms with Gasteiger partial charge in [-0.25, -0.2) is 8.42 Å². The highest BCUT2D eigenvalue weighted by Crippen LogP contribution is 2.40. The average Bonchev–Trinajstić information content (AvgIpc) is 2.90. The lowest BCUT2D eigenvalue weighted by molar-refractivity contribution is -0.127. The van der Waals surface area contributed by atoms with Crippen molar-refractivity contribution >= 4 is 21.6 Å². The van der Waals surface area contributed by atoms with Gasteiger partial charge in [0, 0.05) is 0 Å². The number of fused-ring (bicyclic) bond motifs is 1. The molecule has 0 spiro atoms. The highest BCUT2D eigenvalue weighted by Gasteiger charge is 2.38. The largest absolute Gasteiger partial charge is 0.493 e. The van der Waals surface area contributed by atoms with Crippen molar-refractivity contribution < 1.29 is 27.4 Å². The van der Waals surface area contributed by atoms with E-state index in [1.807, 2.05) is 24.3 Å². The minimum atomic E-state index is -3.94. The Morgan fingerprint density at radius 3 is 2.38 bits per heavy atom. The third kappa shape index (κ3) is 5.83. The second-order valence-corrected chi connectivity index (χ2v) is 11.5. The number of hydrogen-bond acceptors (Lipinski definition) is 6. The fraction of sp³-hybridized carbons (Fsp3) is 0.321. The molecule has 3 aromatic carbocycles. The Labute approximate surface area is 218 Å². The summed E-state index contributed by atoms with van der Waals surface area (Å²) in [5, 5.41) is 2.79. The minimum absolute atomic E-state index is 0.147. The zero-order valence-electron chi connectivity index (χ0n) is 21.4. The second kappa shape index (κ2) is 10.7. The summed E-state index contributed by atoms with van der Waals surface area (Å²) in [6.07, 6.45) is -1.03. The van der Waals surface area contributed by atoms with Crippen LogP contribution >= 0.6 is 0 Å². The second-order valence-electron chi connectivity index (χ2n) is 9.68. The number of methoxy groups -OCH3 is 1. The zero-order valence-corrected chi connectivity index (χ0v) is 22.2. The van der Waals surface area contributed by atoms with Crippen LogP contribution in [0.5, 0.6) is 17.2 Å². The molecular weight excluding hydrogens is 492 g/mol. The summed E-state index contributed by atoms with van der Waals surface area (Å²) in [4.78, 5) is 13.2. The molecule has 1 atom stereocenters. The molecule has 1 aliphatic rings. The van der Waals surface area contributed by atoms with Gasteiger partial charge in [0.1, 0.15) is 12.4 Å². The Kier molecular flexibility index (Phi) is 7.63. The van der Waals surface area contributed by atoms with Crippen LogP contribution in [0.3, 0.4) is 0 Å². The third-order valence-electron chi connectivity index (χ3n) is 6.05. The van der Waals surface area contributed by atoms with Crippen LogP contribution in [0.25, 0.3) is 0 Å². The fourth-order valence-electron chi connectivity index (χ4n) is 3.99. The van der Waals surface area contributed by atoms with E-state index < -0.39 is 22.0 Å². The molecule has 1 amide bonds. The van der Waals surface area contributed by atoms with Crippen molar-refractivity contribution in [1.29, 1.82) is 0 Å². The first-order valence-electron chi connectivity index (χ1n) is 12.0. The molecular formula is C28H32N2O6S. The van der Waals surface area contributed by atoms with Crippen molar-refractivity contribution in [1.82, 2.24) is 5.32 Å². The Morgan fingerprint density at radius 1 is 1.03 bits per heavy atom. The predicted octanol–water partition coefficient (Wildman–Crippen LogP) is 4.14. The van der Waals surface area contributed by atoms with Crippen LogP contribution in [0.2, 0.25) is 0 Å². The van der Waals surface area contributed by atoms with Gasteiger partial charge < -0.3 is 19.5 Å². The minimum Gasteiger partial charge on any atom is -0.493 e. The van der Waals surface area contributed by atoms with E-state index in [4.69, 9.17) is 14.2 Å². The van der Waals surface area contributed by atoms with Gasteiger partial charge >= 0.3 is 0 Å². The molecule has 8 nitrogen and oxygen atoms in total. The molecule has 0 aliphatic carbocycles. The standard InChI is InChI=1S/C28H32N2O6S/c1-28(2,3)20-14-15-23-22(18-20)30(37(32,33)21-10-6-5-7-11-21)19-26(36-23)27(31)29-16-17-35-25-13-9-8-12-24(25)34-4/h5-15,18,26H,16-17,19H2,1-4H3,(H,29,31). The van der Waals surface area contributed by atoms with Gasteiger partial charge in [-0.3, -0.25) is 9.10 Å². The Hall–Kier alpha value is -3.72. The topological polar surface area (TPSA) is 94.2 Å². The van der Waals surface area contributed by atoms with E-state index in [9.17, 15) is 13.2 Å². The van der Waals surface area contributed by atoms with Crippen LogP contribution < -0.4 is 23.8 Å². The molecule has 0 saturated carbocycles. The number of carbonyl (C=O) groups is 1. The lowest BCUT2D eigenvalue weighted by Crippen LogP contribution is -2.51. The maximum absolute atomic E-state index is 13.7. The zero-order chi connectivity index (χ0) is 26.6. The van der Waals surface area contributed by atoms with Crippen molar-refractivity contribution in [2.24, 2.45) is 0 Å². The highest BCUT2D eigenvalue weighted by molar-refractivity contribution is 7.92. The van der Waals surface area contributed by atoms with Gasteiger partial charge in [0.2, 0.25) is 0 Å². The molecule has 0 bridgehead atoms. The van der Waals surface area contributed by atoms with Crippen molar-refractivity contribution in [3.8, 4) is 17.2 Å². The highest BCUT2D eigenvalue weighted by atomic mass is 32.2. The molecule has 3 aromatic rings. The predicted molar refractivity (Wildman–Crippen MR) is 142 cm³/mol. The number of hydrogen-bond donors (Lipinski definition) is 1. The normalized spacial score (nSPS) is 15.4. The van der Waals surface area contributed by atoms with Gasteiger partial charge in [-0.1, -0.05) is 57.2 Å². The maximum atomic E-state index is 13.7. The summed E-state index contributed by atoms with van der Waals surface area (Å²) in [5.74, 6) is 1.07. The van der Waals surface area contributed by atoms with Gasteiger partial charge in [0.15, 0.2) is 17.6 Å². The lowest BCUT2D eigenvalue weighted by Gasteiger charge is -2.36. The average molecular weight is 525 g/mol. The summed E-state index contributed by atoms with van der Waals surface area (Å²) in [5.41, 5.74) is 1.17. The molecule has 1 heterocycles. The Bertz CT molecular complexity index is 1350. The van der Waals surface area contributed by atoms with Gasteiger partial charge in [0.25, 0.3) is 15.9 Å². The molecule has 1 aliphatic heterocycles. The first-order chi connectivity index (χ1) is 17.6. The number of ether oxygens (including phenoxy) is 3. The number of para-hydroxylation sites is 2. The van der Waals surface area contributed by atoms with E-state index in [2.05, 4.69) is 26.1 Å². The first kappa shape index (κ1) is 26.3. The monoisotopic (exact) mass is 524 g/mol. The molecule has 1 N–H and O–H groups in total. The van der Waals surface area contributed by atoms with Gasteiger partial charge in [-0.05, 0) is 47.4 Å². The molecule has 0 fully saturated rings. The molecule has 0 saturated heterocycles. The van der Waals surface area contributed by atoms with Crippen LogP contribution in [0.1, 0.15) is 26.3 Å². The molecule has 4 rings (SSSR count). The van der Waals surface area contributed by atoms with E-state index in [1.54, 1.807) is 55.6 Å². The van der Waals surface area contributed by atoms with Crippen molar-refractivity contribution in [2.45, 2.75) is 37.2 Å². The summed E-state index contributed by atoms with van der Waals surface area (Å²) in [6, 6.07) is 20.9. The van der Waals surface area contributed by atoms with Crippen LogP contribution in [0.15, 0.2) is 77.7 Å². The smallest absolute Gasteiger partial charge is 0.264 e. The van der Waals surface area contributed by atoms with Gasteiger partial charge in [-0.15, -0.1) is 0 Å². The molecule has 0 radical (unpaired) electrons. The summed E-state index contributed by atoms with van der Waals surface area (Å²) in [7, 11) is -2.38. The third-order valence-corrected chi connectivity index (χ3v) is 7.84.